The molecular weight excluding hydrogens is 886 g/mol. The number of methoxy groups -OCH3 is 1. The number of amides is 4. The first kappa shape index (κ1) is 43.5. The van der Waals surface area contributed by atoms with Crippen LogP contribution in [-0.2, 0) is 30.8 Å². The van der Waals surface area contributed by atoms with Gasteiger partial charge in [0.05, 0.1) is 57.9 Å². The van der Waals surface area contributed by atoms with Gasteiger partial charge in [0.2, 0.25) is 11.8 Å². The summed E-state index contributed by atoms with van der Waals surface area (Å²) in [6.45, 7) is 0. The molecule has 1 saturated carbocycles. The number of alkyl halides is 3. The minimum absolute atomic E-state index is 0.0673. The van der Waals surface area contributed by atoms with Crippen LogP contribution in [0.25, 0.3) is 0 Å². The van der Waals surface area contributed by atoms with Crippen LogP contribution in [0.5, 0.6) is 11.5 Å². The average Bonchev–Trinajstić information content (AvgIpc) is 3.67. The largest absolute Gasteiger partial charge is 0.504 e. The number of anilines is 3. The van der Waals surface area contributed by atoms with Gasteiger partial charge < -0.3 is 14.7 Å². The van der Waals surface area contributed by atoms with Gasteiger partial charge in [0.1, 0.15) is 0 Å². The number of rotatable bonds is 9. The summed E-state index contributed by atoms with van der Waals surface area (Å²) in [6.07, 6.45) is -2.46. The molecule has 332 valence electrons. The third-order valence-corrected chi connectivity index (χ3v) is 13.4. The molecule has 13 nitrogen and oxygen atoms in total. The Morgan fingerprint density at radius 3 is 2.15 bits per heavy atom. The van der Waals surface area contributed by atoms with Crippen molar-refractivity contribution in [3.63, 3.8) is 0 Å². The minimum atomic E-state index is -4.78. The van der Waals surface area contributed by atoms with Crippen LogP contribution in [0.1, 0.15) is 35.4 Å². The van der Waals surface area contributed by atoms with Gasteiger partial charge in [-0.1, -0.05) is 59.1 Å². The summed E-state index contributed by atoms with van der Waals surface area (Å²) in [7, 11) is 5.23. The van der Waals surface area contributed by atoms with E-state index in [1.54, 1.807) is 60.7 Å². The van der Waals surface area contributed by atoms with Crippen LogP contribution in [0, 0.1) is 23.7 Å². The first-order valence-corrected chi connectivity index (χ1v) is 21.2. The van der Waals surface area contributed by atoms with Gasteiger partial charge in [-0.05, 0) is 97.1 Å². The number of hydrazine groups is 1. The van der Waals surface area contributed by atoms with E-state index in [0.717, 1.165) is 10.6 Å². The number of phenolic OH excluding ortho intramolecular Hbond substituents is 1. The quantitative estimate of drug-likeness (QED) is 0.0835. The number of hydrogen-bond acceptors (Lipinski definition) is 11. The molecule has 4 aliphatic rings. The number of fused-ring (bicyclic) bond motifs is 4. The predicted molar refractivity (Wildman–Crippen MR) is 235 cm³/mol. The number of ether oxygens (including phenoxy) is 1. The summed E-state index contributed by atoms with van der Waals surface area (Å²) >= 11 is 12.7. The molecule has 2 aliphatic carbocycles. The molecule has 4 amide bonds. The Morgan fingerprint density at radius 2 is 1.54 bits per heavy atom. The lowest BCUT2D eigenvalue weighted by Gasteiger charge is -2.50. The maximum atomic E-state index is 15.5. The van der Waals surface area contributed by atoms with Gasteiger partial charge in [0.25, 0.3) is 11.8 Å². The van der Waals surface area contributed by atoms with Crippen LogP contribution in [0.15, 0.2) is 125 Å². The number of halogens is 5. The second-order valence-electron chi connectivity index (χ2n) is 16.5. The van der Waals surface area contributed by atoms with Crippen molar-refractivity contribution >= 4 is 75.4 Å². The van der Waals surface area contributed by atoms with Crippen molar-refractivity contribution in [2.45, 2.75) is 30.4 Å². The predicted octanol–water partition coefficient (Wildman–Crippen LogP) is 9.79. The standard InChI is InChI=1S/C47H38Cl2F3N7O6/c1-57(2)29-15-11-27(12-16-29)54-55-28-13-17-30(18-14-28)58-42(61)32-20-19-31-34(38(32)44(58)63)22-35-43(62)59(56-41-36(49)21-25(23-53-41)47(50,51)52)45(64)46(35,24-7-9-26(48)10-8-24)39(31)33-5-4-6-37(65-3)40(33)60/h4-19,21,23,32,34-35,38-39,60H,20,22H2,1-3H3,(H,53,56). The van der Waals surface area contributed by atoms with Crippen molar-refractivity contribution in [3.8, 4) is 11.5 Å². The molecule has 6 atom stereocenters. The molecule has 3 fully saturated rings. The Labute approximate surface area is 380 Å². The number of nitrogens with zero attached hydrogens (tertiary/aromatic N) is 6. The summed E-state index contributed by atoms with van der Waals surface area (Å²) in [5.74, 6) is -8.32. The molecule has 3 heterocycles. The van der Waals surface area contributed by atoms with E-state index in [1.807, 2.05) is 49.3 Å². The maximum Gasteiger partial charge on any atom is 0.417 e. The van der Waals surface area contributed by atoms with Crippen molar-refractivity contribution in [1.29, 1.82) is 0 Å². The summed E-state index contributed by atoms with van der Waals surface area (Å²) in [4.78, 5) is 66.6. The number of azo groups is 1. The number of nitrogens with one attached hydrogen (secondary N) is 1. The number of carbonyl (C=O) groups is 4. The van der Waals surface area contributed by atoms with Crippen LogP contribution in [0.2, 0.25) is 10.0 Å². The SMILES string of the molecule is COc1cccc(C2C3=CCC4C(=O)N(c5ccc(N=Nc6ccc(N(C)C)cc6)cc5)C(=O)C4C3CC3C(=O)N(Nc4ncc(C(F)(F)F)cc4Cl)C(=O)C32c2ccc(Cl)cc2)c1O. The maximum absolute atomic E-state index is 15.5. The highest BCUT2D eigenvalue weighted by atomic mass is 35.5. The molecule has 5 aromatic rings. The fourth-order valence-corrected chi connectivity index (χ4v) is 10.3. The number of para-hydroxylation sites is 1. The summed E-state index contributed by atoms with van der Waals surface area (Å²) in [5, 5.41) is 21.0. The highest BCUT2D eigenvalue weighted by Crippen LogP contribution is 2.65. The van der Waals surface area contributed by atoms with Crippen molar-refractivity contribution < 1.29 is 42.2 Å². The molecule has 18 heteroatoms. The van der Waals surface area contributed by atoms with Crippen LogP contribution < -0.4 is 20.0 Å². The number of pyridine rings is 1. The number of carbonyl (C=O) groups excluding carboxylic acids is 4. The molecular formula is C47H38Cl2F3N7O6. The van der Waals surface area contributed by atoms with Crippen LogP contribution >= 0.6 is 23.2 Å². The van der Waals surface area contributed by atoms with E-state index in [9.17, 15) is 27.9 Å². The number of aromatic nitrogens is 1. The van der Waals surface area contributed by atoms with E-state index >= 15 is 9.59 Å². The zero-order chi connectivity index (χ0) is 46.1. The summed E-state index contributed by atoms with van der Waals surface area (Å²) < 4.78 is 46.3. The van der Waals surface area contributed by atoms with Gasteiger partial charge in [-0.3, -0.25) is 29.5 Å². The van der Waals surface area contributed by atoms with Gasteiger partial charge in [0.15, 0.2) is 17.3 Å². The molecule has 0 spiro atoms. The lowest BCUT2D eigenvalue weighted by molar-refractivity contribution is -0.139. The lowest BCUT2D eigenvalue weighted by atomic mass is 9.49. The monoisotopic (exact) mass is 923 g/mol. The molecule has 2 N–H and O–H groups in total. The van der Waals surface area contributed by atoms with E-state index < -0.39 is 81.2 Å². The third-order valence-electron chi connectivity index (χ3n) is 12.9. The van der Waals surface area contributed by atoms with Gasteiger partial charge in [0, 0.05) is 42.5 Å². The van der Waals surface area contributed by atoms with Crippen LogP contribution in [-0.4, -0.2) is 59.9 Å². The number of allylic oxidation sites excluding steroid dienone is 2. The fraction of sp³-hybridized carbons (Fsp3) is 0.255. The highest BCUT2D eigenvalue weighted by Gasteiger charge is 2.71. The van der Waals surface area contributed by atoms with E-state index in [4.69, 9.17) is 27.9 Å². The number of benzene rings is 4. The average molecular weight is 925 g/mol. The molecule has 2 aliphatic heterocycles. The van der Waals surface area contributed by atoms with E-state index in [2.05, 4.69) is 20.6 Å². The molecule has 9 rings (SSSR count). The number of phenols is 1. The van der Waals surface area contributed by atoms with Crippen molar-refractivity contribution in [2.75, 3.05) is 36.4 Å². The Hall–Kier alpha value is -6.78. The van der Waals surface area contributed by atoms with Crippen LogP contribution in [0.3, 0.4) is 0 Å². The Balaban J connectivity index is 1.12. The normalized spacial score (nSPS) is 23.9. The van der Waals surface area contributed by atoms with Gasteiger partial charge in [-0.25, -0.2) is 4.98 Å². The van der Waals surface area contributed by atoms with E-state index in [0.29, 0.717) is 50.5 Å². The minimum Gasteiger partial charge on any atom is -0.504 e. The zero-order valence-corrected chi connectivity index (χ0v) is 36.3. The third kappa shape index (κ3) is 7.15. The Kier molecular flexibility index (Phi) is 10.9. The Bertz CT molecular complexity index is 2820. The number of aromatic hydroxyl groups is 1. The molecule has 65 heavy (non-hydrogen) atoms. The smallest absolute Gasteiger partial charge is 0.417 e. The van der Waals surface area contributed by atoms with Crippen molar-refractivity contribution in [3.05, 3.63) is 142 Å². The number of hydrogen-bond donors (Lipinski definition) is 2. The van der Waals surface area contributed by atoms with E-state index in [1.165, 1.54) is 13.2 Å². The first-order chi connectivity index (χ1) is 31.0. The second-order valence-corrected chi connectivity index (χ2v) is 17.3. The van der Waals surface area contributed by atoms with Crippen molar-refractivity contribution in [2.24, 2.45) is 33.9 Å². The van der Waals surface area contributed by atoms with Crippen molar-refractivity contribution in [1.82, 2.24) is 9.99 Å². The van der Waals surface area contributed by atoms with Crippen LogP contribution in [0.4, 0.5) is 41.7 Å². The van der Waals surface area contributed by atoms with Gasteiger partial charge in [-0.2, -0.15) is 28.4 Å². The lowest BCUT2D eigenvalue weighted by Crippen LogP contribution is -2.53. The Morgan fingerprint density at radius 1 is 0.877 bits per heavy atom. The summed E-state index contributed by atoms with van der Waals surface area (Å²) in [5.41, 5.74) is 3.07. The van der Waals surface area contributed by atoms with E-state index in [-0.39, 0.29) is 29.9 Å². The zero-order valence-electron chi connectivity index (χ0n) is 34.8. The van der Waals surface area contributed by atoms with Gasteiger partial charge >= 0.3 is 6.18 Å². The number of imide groups is 2. The molecule has 0 bridgehead atoms. The molecule has 2 saturated heterocycles. The highest BCUT2D eigenvalue weighted by molar-refractivity contribution is 6.33. The fourth-order valence-electron chi connectivity index (χ4n) is 9.92. The molecule has 1 aromatic heterocycles. The molecule has 4 aromatic carbocycles. The van der Waals surface area contributed by atoms with Gasteiger partial charge in [-0.15, -0.1) is 0 Å². The first-order valence-electron chi connectivity index (χ1n) is 20.4. The molecule has 0 radical (unpaired) electrons. The topological polar surface area (TPSA) is 157 Å². The second kappa shape index (κ2) is 16.3. The summed E-state index contributed by atoms with van der Waals surface area (Å²) in [6, 6.07) is 25.7. The molecule has 6 unspecified atom stereocenters.